The molecule has 0 saturated carbocycles. The molecule has 1 atom stereocenters. The van der Waals surface area contributed by atoms with Gasteiger partial charge in [0, 0.05) is 11.3 Å². The van der Waals surface area contributed by atoms with Crippen LogP contribution in [0.4, 0.5) is 5.95 Å². The predicted molar refractivity (Wildman–Crippen MR) is 91.1 cm³/mol. The maximum Gasteiger partial charge on any atom is 0.338 e. The van der Waals surface area contributed by atoms with Crippen LogP contribution in [-0.4, -0.2) is 39.4 Å². The Bertz CT molecular complexity index is 799. The van der Waals surface area contributed by atoms with Crippen LogP contribution < -0.4 is 10.1 Å². The van der Waals surface area contributed by atoms with Gasteiger partial charge in [0.15, 0.2) is 0 Å². The molecule has 0 saturated heterocycles. The molecule has 0 bridgehead atoms. The van der Waals surface area contributed by atoms with E-state index in [0.29, 0.717) is 36.2 Å². The van der Waals surface area contributed by atoms with Crippen LogP contribution in [0, 0.1) is 0 Å². The number of hydrogen-bond acceptors (Lipinski definition) is 7. The average Bonchev–Trinajstić information content (AvgIpc) is 3.07. The lowest BCUT2D eigenvalue weighted by Gasteiger charge is -2.28. The van der Waals surface area contributed by atoms with Gasteiger partial charge in [-0.3, -0.25) is 0 Å². The van der Waals surface area contributed by atoms with Crippen LogP contribution in [0.15, 0.2) is 35.5 Å². The number of nitrogens with zero attached hydrogens (tertiary/aromatic N) is 4. The summed E-state index contributed by atoms with van der Waals surface area (Å²) in [5.41, 5.74) is 1.94. The molecule has 1 N–H and O–H groups in total. The van der Waals surface area contributed by atoms with Gasteiger partial charge in [-0.1, -0.05) is 30.2 Å². The van der Waals surface area contributed by atoms with Crippen molar-refractivity contribution in [3.05, 3.63) is 41.1 Å². The minimum absolute atomic E-state index is 0.290. The Morgan fingerprint density at radius 2 is 2.12 bits per heavy atom. The maximum atomic E-state index is 12.6. The number of hydrogen-bond donors (Lipinski definition) is 1. The first kappa shape index (κ1) is 16.9. The molecule has 25 heavy (non-hydrogen) atoms. The number of aromatic nitrogens is 4. The fourth-order valence-corrected chi connectivity index (χ4v) is 2.82. The van der Waals surface area contributed by atoms with Crippen molar-refractivity contribution in [1.29, 1.82) is 0 Å². The largest absolute Gasteiger partial charge is 0.493 e. The molecular formula is C17H21N5O3. The van der Waals surface area contributed by atoms with Crippen molar-refractivity contribution in [2.75, 3.05) is 18.5 Å². The molecule has 0 radical (unpaired) electrons. The molecule has 1 aromatic heterocycles. The highest BCUT2D eigenvalue weighted by molar-refractivity contribution is 5.92. The third-order valence-corrected chi connectivity index (χ3v) is 3.88. The molecule has 0 fully saturated rings. The number of nitrogens with one attached hydrogen (secondary N) is 1. The summed E-state index contributed by atoms with van der Waals surface area (Å²) in [4.78, 5) is 12.6. The molecular weight excluding hydrogens is 322 g/mol. The number of benzene rings is 1. The summed E-state index contributed by atoms with van der Waals surface area (Å²) in [5, 5.41) is 14.8. The topological polar surface area (TPSA) is 91.2 Å². The second-order valence-corrected chi connectivity index (χ2v) is 5.62. The van der Waals surface area contributed by atoms with Crippen molar-refractivity contribution in [1.82, 2.24) is 20.2 Å². The highest BCUT2D eigenvalue weighted by Gasteiger charge is 2.36. The highest BCUT2D eigenvalue weighted by atomic mass is 16.5. The Kier molecular flexibility index (Phi) is 4.97. The first-order chi connectivity index (χ1) is 12.2. The van der Waals surface area contributed by atoms with Gasteiger partial charge in [-0.25, -0.2) is 4.79 Å². The number of carbonyl (C=O) groups excluding carboxylic acids is 1. The summed E-state index contributed by atoms with van der Waals surface area (Å²) in [6.45, 7) is 6.51. The van der Waals surface area contributed by atoms with Crippen LogP contribution in [0.2, 0.25) is 0 Å². The quantitative estimate of drug-likeness (QED) is 0.805. The molecule has 1 aromatic carbocycles. The predicted octanol–water partition coefficient (Wildman–Crippen LogP) is 2.31. The number of para-hydroxylation sites is 1. The van der Waals surface area contributed by atoms with Crippen LogP contribution in [0.3, 0.4) is 0 Å². The molecule has 0 aliphatic carbocycles. The van der Waals surface area contributed by atoms with Crippen LogP contribution >= 0.6 is 0 Å². The lowest BCUT2D eigenvalue weighted by Crippen LogP contribution is -2.30. The molecule has 8 nitrogen and oxygen atoms in total. The molecule has 132 valence electrons. The summed E-state index contributed by atoms with van der Waals surface area (Å²) in [7, 11) is 0. The smallest absolute Gasteiger partial charge is 0.338 e. The summed E-state index contributed by atoms with van der Waals surface area (Å²) in [6, 6.07) is 7.08. The van der Waals surface area contributed by atoms with Crippen molar-refractivity contribution in [2.45, 2.75) is 33.2 Å². The molecule has 8 heteroatoms. The van der Waals surface area contributed by atoms with Gasteiger partial charge < -0.3 is 14.8 Å². The van der Waals surface area contributed by atoms with E-state index in [2.05, 4.69) is 20.8 Å². The van der Waals surface area contributed by atoms with Crippen molar-refractivity contribution >= 4 is 11.9 Å². The lowest BCUT2D eigenvalue weighted by atomic mass is 9.95. The zero-order chi connectivity index (χ0) is 17.8. The number of ether oxygens (including phenoxy) is 2. The van der Waals surface area contributed by atoms with Gasteiger partial charge >= 0.3 is 5.97 Å². The van der Waals surface area contributed by atoms with Gasteiger partial charge in [-0.2, -0.15) is 4.68 Å². The number of allylic oxidation sites excluding steroid dienone is 1. The first-order valence-corrected chi connectivity index (χ1v) is 8.31. The Morgan fingerprint density at radius 3 is 2.88 bits per heavy atom. The Hall–Kier alpha value is -2.90. The number of esters is 1. The van der Waals surface area contributed by atoms with Gasteiger partial charge in [-0.05, 0) is 36.8 Å². The van der Waals surface area contributed by atoms with E-state index in [9.17, 15) is 4.79 Å². The highest BCUT2D eigenvalue weighted by Crippen LogP contribution is 2.38. The summed E-state index contributed by atoms with van der Waals surface area (Å²) in [6.07, 6.45) is 0.885. The Labute approximate surface area is 145 Å². The van der Waals surface area contributed by atoms with Crippen LogP contribution in [0.25, 0.3) is 0 Å². The molecule has 0 spiro atoms. The standard InChI is InChI=1S/C17H21N5O3/c1-4-10-25-13-9-7-6-8-12(13)15-14(16(23)24-5-2)11(3)18-17-19-20-21-22(15)17/h6-9,15H,4-5,10H2,1-3H3,(H,18,19,21). The van der Waals surface area contributed by atoms with Crippen LogP contribution in [0.1, 0.15) is 38.8 Å². The summed E-state index contributed by atoms with van der Waals surface area (Å²) < 4.78 is 12.7. The molecule has 1 aliphatic heterocycles. The lowest BCUT2D eigenvalue weighted by molar-refractivity contribution is -0.139. The fraction of sp³-hybridized carbons (Fsp3) is 0.412. The van der Waals surface area contributed by atoms with Gasteiger partial charge in [0.25, 0.3) is 0 Å². The van der Waals surface area contributed by atoms with Gasteiger partial charge in [0.1, 0.15) is 11.8 Å². The van der Waals surface area contributed by atoms with E-state index < -0.39 is 12.0 Å². The molecule has 2 heterocycles. The molecule has 2 aromatic rings. The van der Waals surface area contributed by atoms with Gasteiger partial charge in [0.05, 0.1) is 18.8 Å². The van der Waals surface area contributed by atoms with Crippen LogP contribution in [-0.2, 0) is 9.53 Å². The van der Waals surface area contributed by atoms with Crippen molar-refractivity contribution < 1.29 is 14.3 Å². The minimum atomic E-state index is -0.515. The zero-order valence-corrected chi connectivity index (χ0v) is 14.5. The van der Waals surface area contributed by atoms with E-state index in [4.69, 9.17) is 9.47 Å². The normalized spacial score (nSPS) is 16.2. The number of fused-ring (bicyclic) bond motifs is 1. The van der Waals surface area contributed by atoms with E-state index in [1.165, 1.54) is 0 Å². The summed E-state index contributed by atoms with van der Waals surface area (Å²) >= 11 is 0. The number of tetrazole rings is 1. The molecule has 1 aliphatic rings. The van der Waals surface area contributed by atoms with E-state index in [-0.39, 0.29) is 0 Å². The van der Waals surface area contributed by atoms with E-state index >= 15 is 0 Å². The Balaban J connectivity index is 2.12. The second kappa shape index (κ2) is 7.33. The van der Waals surface area contributed by atoms with E-state index in [1.54, 1.807) is 11.6 Å². The van der Waals surface area contributed by atoms with E-state index in [0.717, 1.165) is 12.0 Å². The fourth-order valence-electron chi connectivity index (χ4n) is 2.82. The third kappa shape index (κ3) is 3.19. The third-order valence-electron chi connectivity index (χ3n) is 3.88. The number of rotatable bonds is 6. The minimum Gasteiger partial charge on any atom is -0.493 e. The first-order valence-electron chi connectivity index (χ1n) is 8.31. The number of anilines is 1. The van der Waals surface area contributed by atoms with Crippen molar-refractivity contribution in [3.8, 4) is 5.75 Å². The molecule has 0 amide bonds. The van der Waals surface area contributed by atoms with Gasteiger partial charge in [0.2, 0.25) is 5.95 Å². The molecule has 3 rings (SSSR count). The average molecular weight is 343 g/mol. The van der Waals surface area contributed by atoms with Gasteiger partial charge in [-0.15, -0.1) is 0 Å². The maximum absolute atomic E-state index is 12.6. The van der Waals surface area contributed by atoms with Crippen LogP contribution in [0.5, 0.6) is 5.75 Å². The zero-order valence-electron chi connectivity index (χ0n) is 14.5. The SMILES string of the molecule is CCCOc1ccccc1C1C(C(=O)OCC)=C(C)Nc2nnnn21. The number of carbonyl (C=O) groups is 1. The Morgan fingerprint density at radius 1 is 1.32 bits per heavy atom. The van der Waals surface area contributed by atoms with Crippen molar-refractivity contribution in [2.24, 2.45) is 0 Å². The second-order valence-electron chi connectivity index (χ2n) is 5.62. The monoisotopic (exact) mass is 343 g/mol. The molecule has 1 unspecified atom stereocenters. The van der Waals surface area contributed by atoms with E-state index in [1.807, 2.05) is 38.1 Å². The summed E-state index contributed by atoms with van der Waals surface area (Å²) in [5.74, 6) is 0.775. The van der Waals surface area contributed by atoms with Crippen molar-refractivity contribution in [3.63, 3.8) is 0 Å².